The Hall–Kier alpha value is -0.300. The molecular formula is C12H12Ca. The monoisotopic (exact) mass is 196 g/mol. The summed E-state index contributed by atoms with van der Waals surface area (Å²) in [6.07, 6.45) is 0. The molecule has 2 aromatic rings. The third-order valence-electron chi connectivity index (χ3n) is 1.88. The summed E-state index contributed by atoms with van der Waals surface area (Å²) in [4.78, 5) is 0. The minimum Gasteiger partial charge on any atom is -0.0622 e. The molecule has 0 aliphatic carbocycles. The van der Waals surface area contributed by atoms with E-state index in [9.17, 15) is 0 Å². The molecule has 0 fully saturated rings. The summed E-state index contributed by atoms with van der Waals surface area (Å²) >= 11 is 0. The number of rotatable bonds is 1. The van der Waals surface area contributed by atoms with E-state index >= 15 is 0 Å². The van der Waals surface area contributed by atoms with Crippen LogP contribution in [0.25, 0.3) is 11.1 Å². The molecule has 0 nitrogen and oxygen atoms in total. The van der Waals surface area contributed by atoms with Crippen LogP contribution >= 0.6 is 0 Å². The first-order valence-electron chi connectivity index (χ1n) is 4.07. The predicted octanol–water partition coefficient (Wildman–Crippen LogP) is 2.44. The molecule has 0 aliphatic heterocycles. The van der Waals surface area contributed by atoms with Crippen LogP contribution in [0.5, 0.6) is 0 Å². The van der Waals surface area contributed by atoms with Crippen molar-refractivity contribution in [3.63, 3.8) is 0 Å². The second-order valence-corrected chi connectivity index (χ2v) is 2.73. The zero-order valence-corrected chi connectivity index (χ0v) is 6.77. The molecule has 0 aromatic heterocycles. The standard InChI is InChI=1S/C12H10.Ca.2H/c1-3-7-11(8-4-1)12-9-5-2-6-10-12;;;/h1-10H;;;. The van der Waals surface area contributed by atoms with Gasteiger partial charge in [0.2, 0.25) is 0 Å². The summed E-state index contributed by atoms with van der Waals surface area (Å²) in [7, 11) is 0. The molecule has 0 saturated heterocycles. The van der Waals surface area contributed by atoms with Crippen LogP contribution in [0.15, 0.2) is 60.7 Å². The average molecular weight is 196 g/mol. The molecule has 0 spiro atoms. The van der Waals surface area contributed by atoms with Crippen molar-refractivity contribution in [3.05, 3.63) is 60.7 Å². The molecule has 0 saturated carbocycles. The molecule has 2 aromatic carbocycles. The van der Waals surface area contributed by atoms with E-state index in [1.165, 1.54) is 11.1 Å². The molecule has 0 unspecified atom stereocenters. The smallest absolute Gasteiger partial charge is 0.0184 e. The maximum absolute atomic E-state index is 2.12. The number of hydrogen-bond donors (Lipinski definition) is 0. The Labute approximate surface area is 109 Å². The largest absolute Gasteiger partial charge is 0.0622 e. The van der Waals surface area contributed by atoms with Gasteiger partial charge in [-0.15, -0.1) is 0 Å². The normalized spacial score (nSPS) is 8.92. The van der Waals surface area contributed by atoms with E-state index in [0.29, 0.717) is 0 Å². The fraction of sp³-hybridized carbons (Fsp3) is 0. The van der Waals surface area contributed by atoms with Crippen LogP contribution in [0, 0.1) is 0 Å². The van der Waals surface area contributed by atoms with Gasteiger partial charge in [-0.05, 0) is 11.1 Å². The van der Waals surface area contributed by atoms with Crippen molar-refractivity contribution in [2.45, 2.75) is 0 Å². The van der Waals surface area contributed by atoms with Crippen molar-refractivity contribution in [2.75, 3.05) is 0 Å². The minimum atomic E-state index is 0. The van der Waals surface area contributed by atoms with Gasteiger partial charge in [0, 0.05) is 0 Å². The van der Waals surface area contributed by atoms with Gasteiger partial charge in [-0.25, -0.2) is 0 Å². The third kappa shape index (κ3) is 2.84. The third-order valence-corrected chi connectivity index (χ3v) is 1.88. The van der Waals surface area contributed by atoms with Crippen LogP contribution in [-0.4, -0.2) is 37.7 Å². The molecule has 1 heteroatoms. The predicted molar refractivity (Wildman–Crippen MR) is 60.4 cm³/mol. The molecular weight excluding hydrogens is 184 g/mol. The Balaban J connectivity index is 0.000000845. The van der Waals surface area contributed by atoms with Gasteiger partial charge in [0.15, 0.2) is 0 Å². The maximum atomic E-state index is 2.12. The first-order chi connectivity index (χ1) is 5.97. The van der Waals surface area contributed by atoms with Gasteiger partial charge in [0.05, 0.1) is 0 Å². The Morgan fingerprint density at radius 3 is 1.08 bits per heavy atom. The van der Waals surface area contributed by atoms with E-state index in [1.807, 2.05) is 12.1 Å². The average Bonchev–Trinajstić information content (AvgIpc) is 2.21. The Bertz CT molecular complexity index is 303. The van der Waals surface area contributed by atoms with Crippen LogP contribution in [0.4, 0.5) is 0 Å². The first kappa shape index (κ1) is 10.8. The van der Waals surface area contributed by atoms with Crippen molar-refractivity contribution in [1.29, 1.82) is 0 Å². The van der Waals surface area contributed by atoms with Gasteiger partial charge in [0.25, 0.3) is 0 Å². The van der Waals surface area contributed by atoms with Gasteiger partial charge in [-0.3, -0.25) is 0 Å². The Kier molecular flexibility index (Phi) is 4.51. The van der Waals surface area contributed by atoms with Crippen LogP contribution < -0.4 is 0 Å². The number of hydrogen-bond acceptors (Lipinski definition) is 0. The van der Waals surface area contributed by atoms with Crippen LogP contribution in [0.3, 0.4) is 0 Å². The quantitative estimate of drug-likeness (QED) is 0.615. The molecule has 0 bridgehead atoms. The van der Waals surface area contributed by atoms with E-state index < -0.39 is 0 Å². The van der Waals surface area contributed by atoms with Gasteiger partial charge < -0.3 is 0 Å². The first-order valence-corrected chi connectivity index (χ1v) is 4.07. The summed E-state index contributed by atoms with van der Waals surface area (Å²) in [5.74, 6) is 0. The molecule has 62 valence electrons. The fourth-order valence-corrected chi connectivity index (χ4v) is 1.26. The summed E-state index contributed by atoms with van der Waals surface area (Å²) in [5, 5.41) is 0. The molecule has 0 radical (unpaired) electrons. The van der Waals surface area contributed by atoms with Gasteiger partial charge in [-0.1, -0.05) is 60.7 Å². The second kappa shape index (κ2) is 5.43. The fourth-order valence-electron chi connectivity index (χ4n) is 1.26. The van der Waals surface area contributed by atoms with Crippen LogP contribution in [0.2, 0.25) is 0 Å². The molecule has 0 amide bonds. The van der Waals surface area contributed by atoms with E-state index in [4.69, 9.17) is 0 Å². The van der Waals surface area contributed by atoms with Crippen molar-refractivity contribution >= 4 is 37.7 Å². The summed E-state index contributed by atoms with van der Waals surface area (Å²) in [6, 6.07) is 20.8. The van der Waals surface area contributed by atoms with Gasteiger partial charge >= 0.3 is 37.7 Å². The molecule has 2 rings (SSSR count). The Morgan fingerprint density at radius 2 is 0.769 bits per heavy atom. The van der Waals surface area contributed by atoms with Crippen molar-refractivity contribution < 1.29 is 0 Å². The summed E-state index contributed by atoms with van der Waals surface area (Å²) in [6.45, 7) is 0. The molecule has 0 aliphatic rings. The van der Waals surface area contributed by atoms with Crippen molar-refractivity contribution in [3.8, 4) is 11.1 Å². The topological polar surface area (TPSA) is 0 Å². The zero-order chi connectivity index (χ0) is 8.23. The maximum Gasteiger partial charge on any atom is -0.0184 e. The van der Waals surface area contributed by atoms with E-state index in [-0.39, 0.29) is 37.7 Å². The van der Waals surface area contributed by atoms with Crippen molar-refractivity contribution in [1.82, 2.24) is 0 Å². The number of benzene rings is 2. The molecule has 0 N–H and O–H groups in total. The zero-order valence-electron chi connectivity index (χ0n) is 6.77. The second-order valence-electron chi connectivity index (χ2n) is 2.73. The molecule has 0 atom stereocenters. The summed E-state index contributed by atoms with van der Waals surface area (Å²) < 4.78 is 0. The van der Waals surface area contributed by atoms with Gasteiger partial charge in [-0.2, -0.15) is 0 Å². The van der Waals surface area contributed by atoms with E-state index in [0.717, 1.165) is 0 Å². The van der Waals surface area contributed by atoms with Crippen LogP contribution in [0.1, 0.15) is 0 Å². The van der Waals surface area contributed by atoms with E-state index in [1.54, 1.807) is 0 Å². The molecule has 13 heavy (non-hydrogen) atoms. The SMILES string of the molecule is [CaH2].c1ccc(-c2ccccc2)cc1. The van der Waals surface area contributed by atoms with E-state index in [2.05, 4.69) is 48.5 Å². The summed E-state index contributed by atoms with van der Waals surface area (Å²) in [5.41, 5.74) is 2.55. The Morgan fingerprint density at radius 1 is 0.462 bits per heavy atom. The molecule has 0 heterocycles. The van der Waals surface area contributed by atoms with Gasteiger partial charge in [0.1, 0.15) is 0 Å². The van der Waals surface area contributed by atoms with Crippen molar-refractivity contribution in [2.24, 2.45) is 0 Å². The van der Waals surface area contributed by atoms with Crippen LogP contribution in [-0.2, 0) is 0 Å². The minimum absolute atomic E-state index is 0.